The first-order valence-electron chi connectivity index (χ1n) is 5.98. The molecule has 0 spiro atoms. The molecule has 17 heavy (non-hydrogen) atoms. The average Bonchev–Trinajstić information content (AvgIpc) is 2.32. The van der Waals surface area contributed by atoms with Gasteiger partial charge in [0.05, 0.1) is 11.9 Å². The number of piperidine rings is 1. The molecule has 0 aromatic carbocycles. The van der Waals surface area contributed by atoms with Gasteiger partial charge in [-0.3, -0.25) is 9.59 Å². The molecule has 1 fully saturated rings. The van der Waals surface area contributed by atoms with Gasteiger partial charge < -0.3 is 4.90 Å². The predicted octanol–water partition coefficient (Wildman–Crippen LogP) is 0.823. The highest BCUT2D eigenvalue weighted by molar-refractivity contribution is 5.75. The van der Waals surface area contributed by atoms with Crippen LogP contribution in [0.2, 0.25) is 0 Å². The Bertz CT molecular complexity index is 461. The lowest BCUT2D eigenvalue weighted by atomic mass is 10.1. The molecule has 0 bridgehead atoms. The summed E-state index contributed by atoms with van der Waals surface area (Å²) in [6.07, 6.45) is 5.26. The number of anilines is 1. The van der Waals surface area contributed by atoms with Crippen molar-refractivity contribution in [1.29, 1.82) is 0 Å². The largest absolute Gasteiger partial charge is 0.370 e. The number of hydrogen-bond donors (Lipinski definition) is 0. The fraction of sp³-hybridized carbons (Fsp3) is 0.583. The third kappa shape index (κ3) is 2.93. The molecule has 0 atom stereocenters. The van der Waals surface area contributed by atoms with Gasteiger partial charge in [0, 0.05) is 19.2 Å². The number of hydrogen-bond acceptors (Lipinski definition) is 4. The fourth-order valence-corrected chi connectivity index (χ4v) is 2.08. The molecule has 0 amide bonds. The molecule has 2 heterocycles. The lowest BCUT2D eigenvalue weighted by molar-refractivity contribution is -0.117. The van der Waals surface area contributed by atoms with Gasteiger partial charge in [-0.2, -0.15) is 5.10 Å². The topological polar surface area (TPSA) is 55.2 Å². The van der Waals surface area contributed by atoms with Crippen LogP contribution in [0, 0.1) is 0 Å². The van der Waals surface area contributed by atoms with Gasteiger partial charge in [-0.15, -0.1) is 0 Å². The minimum absolute atomic E-state index is 0.0547. The molecule has 5 heteroatoms. The van der Waals surface area contributed by atoms with Crippen molar-refractivity contribution in [1.82, 2.24) is 9.78 Å². The van der Waals surface area contributed by atoms with Crippen molar-refractivity contribution in [2.75, 3.05) is 18.0 Å². The molecule has 1 aromatic heterocycles. The molecule has 0 N–H and O–H groups in total. The summed E-state index contributed by atoms with van der Waals surface area (Å²) >= 11 is 0. The lowest BCUT2D eigenvalue weighted by Crippen LogP contribution is -2.32. The van der Waals surface area contributed by atoms with E-state index in [-0.39, 0.29) is 17.9 Å². The Balaban J connectivity index is 2.18. The zero-order chi connectivity index (χ0) is 12.3. The van der Waals surface area contributed by atoms with Crippen LogP contribution in [0.25, 0.3) is 0 Å². The molecule has 1 aliphatic rings. The Hall–Kier alpha value is -1.65. The van der Waals surface area contributed by atoms with Crippen LogP contribution < -0.4 is 10.5 Å². The van der Waals surface area contributed by atoms with Gasteiger partial charge in [0.1, 0.15) is 6.54 Å². The van der Waals surface area contributed by atoms with Crippen LogP contribution in [0.4, 0.5) is 5.69 Å². The molecule has 0 radical (unpaired) electrons. The molecular formula is C12H17N3O2. The number of ketones is 1. The molecule has 92 valence electrons. The van der Waals surface area contributed by atoms with Gasteiger partial charge in [0.2, 0.25) is 0 Å². The summed E-state index contributed by atoms with van der Waals surface area (Å²) in [4.78, 5) is 24.9. The van der Waals surface area contributed by atoms with E-state index in [0.717, 1.165) is 31.6 Å². The highest BCUT2D eigenvalue weighted by atomic mass is 16.1. The van der Waals surface area contributed by atoms with Crippen molar-refractivity contribution in [3.8, 4) is 0 Å². The number of rotatable bonds is 3. The number of nitrogens with zero attached hydrogens (tertiary/aromatic N) is 3. The monoisotopic (exact) mass is 235 g/mol. The summed E-state index contributed by atoms with van der Waals surface area (Å²) in [5, 5.41) is 4.04. The van der Waals surface area contributed by atoms with Gasteiger partial charge in [-0.1, -0.05) is 0 Å². The lowest BCUT2D eigenvalue weighted by Gasteiger charge is -2.28. The summed E-state index contributed by atoms with van der Waals surface area (Å²) < 4.78 is 1.20. The first-order valence-corrected chi connectivity index (χ1v) is 5.98. The second-order valence-electron chi connectivity index (χ2n) is 4.46. The maximum absolute atomic E-state index is 11.7. The van der Waals surface area contributed by atoms with Crippen molar-refractivity contribution in [3.63, 3.8) is 0 Å². The van der Waals surface area contributed by atoms with Crippen molar-refractivity contribution >= 4 is 11.5 Å². The van der Waals surface area contributed by atoms with Gasteiger partial charge >= 0.3 is 0 Å². The van der Waals surface area contributed by atoms with Crippen LogP contribution in [-0.2, 0) is 11.3 Å². The third-order valence-electron chi connectivity index (χ3n) is 2.95. The second-order valence-corrected chi connectivity index (χ2v) is 4.46. The molecule has 0 saturated carbocycles. The molecule has 2 rings (SSSR count). The van der Waals surface area contributed by atoms with E-state index in [9.17, 15) is 9.59 Å². The number of aromatic nitrogens is 2. The maximum Gasteiger partial charge on any atom is 0.269 e. The first kappa shape index (κ1) is 11.8. The van der Waals surface area contributed by atoms with E-state index in [1.165, 1.54) is 18.0 Å². The van der Waals surface area contributed by atoms with Crippen LogP contribution in [0.5, 0.6) is 0 Å². The van der Waals surface area contributed by atoms with Crippen molar-refractivity contribution in [3.05, 3.63) is 22.6 Å². The molecule has 1 aliphatic heterocycles. The first-order chi connectivity index (χ1) is 8.16. The highest BCUT2D eigenvalue weighted by Crippen LogP contribution is 2.16. The SMILES string of the molecule is CC(=O)Cn1ncc(N2CCCCC2)cc1=O. The van der Waals surface area contributed by atoms with E-state index in [1.807, 2.05) is 0 Å². The summed E-state index contributed by atoms with van der Waals surface area (Å²) in [5.41, 5.74) is 0.665. The molecular weight excluding hydrogens is 218 g/mol. The summed E-state index contributed by atoms with van der Waals surface area (Å²) in [7, 11) is 0. The van der Waals surface area contributed by atoms with Crippen LogP contribution in [0.3, 0.4) is 0 Å². The van der Waals surface area contributed by atoms with Crippen LogP contribution in [-0.4, -0.2) is 28.7 Å². The van der Waals surface area contributed by atoms with Crippen molar-refractivity contribution < 1.29 is 4.79 Å². The van der Waals surface area contributed by atoms with E-state index >= 15 is 0 Å². The second kappa shape index (κ2) is 5.12. The van der Waals surface area contributed by atoms with Gasteiger partial charge in [0.15, 0.2) is 5.78 Å². The Kier molecular flexibility index (Phi) is 3.56. The molecule has 1 saturated heterocycles. The quantitative estimate of drug-likeness (QED) is 0.778. The average molecular weight is 235 g/mol. The molecule has 1 aromatic rings. The Morgan fingerprint density at radius 3 is 2.65 bits per heavy atom. The smallest absolute Gasteiger partial charge is 0.269 e. The van der Waals surface area contributed by atoms with E-state index in [0.29, 0.717) is 0 Å². The predicted molar refractivity (Wildman–Crippen MR) is 65.2 cm³/mol. The summed E-state index contributed by atoms with van der Waals surface area (Å²) in [5.74, 6) is -0.0645. The molecule has 5 nitrogen and oxygen atoms in total. The molecule has 0 aliphatic carbocycles. The number of carbonyl (C=O) groups excluding carboxylic acids is 1. The third-order valence-corrected chi connectivity index (χ3v) is 2.95. The van der Waals surface area contributed by atoms with Gasteiger partial charge in [-0.25, -0.2) is 4.68 Å². The van der Waals surface area contributed by atoms with E-state index in [1.54, 1.807) is 12.3 Å². The Morgan fingerprint density at radius 1 is 1.35 bits per heavy atom. The van der Waals surface area contributed by atoms with Crippen LogP contribution in [0.1, 0.15) is 26.2 Å². The molecule has 0 unspecified atom stereocenters. The van der Waals surface area contributed by atoms with E-state index in [2.05, 4.69) is 10.00 Å². The number of Topliss-reactive ketones (excluding diaryl/α,β-unsaturated/α-hetero) is 1. The van der Waals surface area contributed by atoms with Crippen molar-refractivity contribution in [2.45, 2.75) is 32.7 Å². The Morgan fingerprint density at radius 2 is 2.06 bits per heavy atom. The minimum atomic E-state index is -0.205. The highest BCUT2D eigenvalue weighted by Gasteiger charge is 2.12. The van der Waals surface area contributed by atoms with Crippen LogP contribution >= 0.6 is 0 Å². The van der Waals surface area contributed by atoms with Crippen LogP contribution in [0.15, 0.2) is 17.1 Å². The summed E-state index contributed by atoms with van der Waals surface area (Å²) in [6, 6.07) is 1.57. The van der Waals surface area contributed by atoms with Crippen molar-refractivity contribution in [2.24, 2.45) is 0 Å². The van der Waals surface area contributed by atoms with E-state index < -0.39 is 0 Å². The minimum Gasteiger partial charge on any atom is -0.370 e. The van der Waals surface area contributed by atoms with Gasteiger partial charge in [0.25, 0.3) is 5.56 Å². The Labute approximate surface area is 100 Å². The standard InChI is InChI=1S/C12H17N3O2/c1-10(16)9-15-12(17)7-11(8-13-15)14-5-3-2-4-6-14/h7-8H,2-6,9H2,1H3. The van der Waals surface area contributed by atoms with E-state index in [4.69, 9.17) is 0 Å². The van der Waals surface area contributed by atoms with Gasteiger partial charge in [-0.05, 0) is 26.2 Å². The maximum atomic E-state index is 11.7. The zero-order valence-electron chi connectivity index (χ0n) is 10.1. The summed E-state index contributed by atoms with van der Waals surface area (Å²) in [6.45, 7) is 3.47. The zero-order valence-corrected chi connectivity index (χ0v) is 10.1. The number of carbonyl (C=O) groups is 1. The normalized spacial score (nSPS) is 15.9. The fourth-order valence-electron chi connectivity index (χ4n) is 2.08.